The van der Waals surface area contributed by atoms with Crippen molar-refractivity contribution >= 4 is 18.6 Å². The summed E-state index contributed by atoms with van der Waals surface area (Å²) in [6.07, 6.45) is -2.70. The first-order chi connectivity index (χ1) is 11.3. The van der Waals surface area contributed by atoms with E-state index in [2.05, 4.69) is 5.32 Å². The van der Waals surface area contributed by atoms with Gasteiger partial charge >= 0.3 is 0 Å². The van der Waals surface area contributed by atoms with E-state index in [1.807, 2.05) is 6.07 Å². The molecule has 0 radical (unpaired) electrons. The van der Waals surface area contributed by atoms with E-state index in [1.54, 1.807) is 31.2 Å². The molecule has 0 aliphatic carbocycles. The van der Waals surface area contributed by atoms with Crippen molar-refractivity contribution in [1.82, 2.24) is 5.32 Å². The fourth-order valence-electron chi connectivity index (χ4n) is 3.01. The van der Waals surface area contributed by atoms with Gasteiger partial charge in [-0.3, -0.25) is 9.36 Å². The average molecular weight is 357 g/mol. The fourth-order valence-corrected chi connectivity index (χ4v) is 5.25. The van der Waals surface area contributed by atoms with Gasteiger partial charge in [0, 0.05) is 26.4 Å². The van der Waals surface area contributed by atoms with Gasteiger partial charge in [0.2, 0.25) is 13.3 Å². The number of hydrogen-bond acceptors (Lipinski definition) is 6. The van der Waals surface area contributed by atoms with E-state index in [1.165, 1.54) is 21.1 Å². The summed E-state index contributed by atoms with van der Waals surface area (Å²) in [4.78, 5) is 11.3. The lowest BCUT2D eigenvalue weighted by atomic mass is 10.1. The number of carbonyl (C=O) groups is 1. The van der Waals surface area contributed by atoms with Crippen molar-refractivity contribution < 1.29 is 28.5 Å². The molecule has 0 bridgehead atoms. The lowest BCUT2D eigenvalue weighted by Crippen LogP contribution is -2.48. The minimum Gasteiger partial charge on any atom is -0.388 e. The Balaban J connectivity index is 2.29. The third-order valence-corrected chi connectivity index (χ3v) is 7.22. The zero-order valence-electron chi connectivity index (χ0n) is 14.2. The van der Waals surface area contributed by atoms with Crippen LogP contribution in [0, 0.1) is 0 Å². The molecule has 7 nitrogen and oxygen atoms in total. The number of aliphatic hydroxyl groups is 1. The fraction of sp³-hybridized carbons (Fsp3) is 0.562. The second-order valence-electron chi connectivity index (χ2n) is 5.78. The number of ether oxygens (including phenoxy) is 2. The van der Waals surface area contributed by atoms with Crippen molar-refractivity contribution in [3.63, 3.8) is 0 Å². The Morgan fingerprint density at radius 1 is 1.33 bits per heavy atom. The summed E-state index contributed by atoms with van der Waals surface area (Å²) < 4.78 is 29.7. The smallest absolute Gasteiger partial charge is 0.237 e. The van der Waals surface area contributed by atoms with Crippen LogP contribution >= 0.6 is 7.37 Å². The molecular weight excluding hydrogens is 333 g/mol. The van der Waals surface area contributed by atoms with Crippen molar-refractivity contribution in [1.29, 1.82) is 0 Å². The van der Waals surface area contributed by atoms with Crippen LogP contribution < -0.4 is 10.6 Å². The van der Waals surface area contributed by atoms with Gasteiger partial charge in [0.25, 0.3) is 0 Å². The summed E-state index contributed by atoms with van der Waals surface area (Å²) in [5, 5.41) is 13.7. The lowest BCUT2D eigenvalue weighted by Gasteiger charge is -2.29. The van der Waals surface area contributed by atoms with E-state index in [-0.39, 0.29) is 5.91 Å². The van der Waals surface area contributed by atoms with Gasteiger partial charge in [-0.1, -0.05) is 25.1 Å². The molecule has 1 heterocycles. The summed E-state index contributed by atoms with van der Waals surface area (Å²) in [5.74, 6) is -0.309. The standard InChI is InChI=1S/C16H24NO6P/c1-10(24(20,22-4)12-8-6-5-7-9-12)15-14(19)13(17-11(2)18)16(21-3)23-15/h5-10,13-16,19H,1-4H3,(H,17,18)/t10-,13+,14+,15-,16?,24?/m1/s1. The van der Waals surface area contributed by atoms with Crippen LogP contribution in [0.5, 0.6) is 0 Å². The molecule has 1 aromatic carbocycles. The number of rotatable bonds is 6. The summed E-state index contributed by atoms with van der Waals surface area (Å²) >= 11 is 0. The SMILES string of the molecule is COC1O[C@H]([C@@H](C)P(=O)(OC)c2ccccc2)[C@@H](O)[C@@H]1NC(C)=O. The molecule has 2 unspecified atom stereocenters. The number of carbonyl (C=O) groups excluding carboxylic acids is 1. The molecule has 2 rings (SSSR count). The van der Waals surface area contributed by atoms with Gasteiger partial charge in [-0.2, -0.15) is 0 Å². The zero-order chi connectivity index (χ0) is 17.9. The Labute approximate surface area is 141 Å². The predicted octanol–water partition coefficient (Wildman–Crippen LogP) is 0.862. The quantitative estimate of drug-likeness (QED) is 0.734. The summed E-state index contributed by atoms with van der Waals surface area (Å²) in [6, 6.07) is 8.09. The molecule has 24 heavy (non-hydrogen) atoms. The maximum absolute atomic E-state index is 13.4. The molecule has 2 N–H and O–H groups in total. The summed E-state index contributed by atoms with van der Waals surface area (Å²) in [6.45, 7) is 3.05. The van der Waals surface area contributed by atoms with Crippen molar-refractivity contribution in [3.8, 4) is 0 Å². The van der Waals surface area contributed by atoms with Crippen LogP contribution in [0.2, 0.25) is 0 Å². The maximum Gasteiger partial charge on any atom is 0.237 e. The van der Waals surface area contributed by atoms with Gasteiger partial charge in [0.05, 0.1) is 5.66 Å². The molecule has 6 atom stereocenters. The molecule has 1 aliphatic rings. The number of hydrogen-bond donors (Lipinski definition) is 2. The Kier molecular flexibility index (Phi) is 6.17. The Bertz CT molecular complexity index is 610. The molecule has 8 heteroatoms. The molecule has 134 valence electrons. The molecule has 1 aliphatic heterocycles. The third-order valence-electron chi connectivity index (χ3n) is 4.29. The predicted molar refractivity (Wildman–Crippen MR) is 89.4 cm³/mol. The normalized spacial score (nSPS) is 30.5. The molecule has 0 saturated carbocycles. The molecule has 1 aromatic rings. The number of methoxy groups -OCH3 is 1. The van der Waals surface area contributed by atoms with Crippen molar-refractivity contribution in [2.75, 3.05) is 14.2 Å². The summed E-state index contributed by atoms with van der Waals surface area (Å²) in [5.41, 5.74) is -0.628. The highest BCUT2D eigenvalue weighted by atomic mass is 31.2. The molecule has 0 spiro atoms. The van der Waals surface area contributed by atoms with E-state index >= 15 is 0 Å². The summed E-state index contributed by atoms with van der Waals surface area (Å²) in [7, 11) is -0.479. The first-order valence-electron chi connectivity index (χ1n) is 7.69. The van der Waals surface area contributed by atoms with Crippen LogP contribution in [0.15, 0.2) is 30.3 Å². The highest BCUT2D eigenvalue weighted by molar-refractivity contribution is 7.67. The van der Waals surface area contributed by atoms with Gasteiger partial charge in [-0.25, -0.2) is 0 Å². The number of amides is 1. The first kappa shape index (κ1) is 19.1. The van der Waals surface area contributed by atoms with Crippen LogP contribution in [0.25, 0.3) is 0 Å². The molecule has 1 saturated heterocycles. The average Bonchev–Trinajstić information content (AvgIpc) is 2.89. The highest BCUT2D eigenvalue weighted by Gasteiger charge is 2.51. The van der Waals surface area contributed by atoms with Gasteiger partial charge < -0.3 is 24.4 Å². The van der Waals surface area contributed by atoms with Gasteiger partial charge in [0.1, 0.15) is 18.2 Å². The van der Waals surface area contributed by atoms with Gasteiger partial charge in [0.15, 0.2) is 6.29 Å². The Hall–Kier alpha value is -1.24. The van der Waals surface area contributed by atoms with E-state index in [9.17, 15) is 14.5 Å². The zero-order valence-corrected chi connectivity index (χ0v) is 15.1. The van der Waals surface area contributed by atoms with E-state index in [0.717, 1.165) is 0 Å². The maximum atomic E-state index is 13.4. The highest BCUT2D eigenvalue weighted by Crippen LogP contribution is 2.53. The second-order valence-corrected chi connectivity index (χ2v) is 8.67. The first-order valence-corrected chi connectivity index (χ1v) is 9.39. The monoisotopic (exact) mass is 357 g/mol. The lowest BCUT2D eigenvalue weighted by molar-refractivity contribution is -0.133. The van der Waals surface area contributed by atoms with E-state index < -0.39 is 37.6 Å². The van der Waals surface area contributed by atoms with Gasteiger partial charge in [-0.15, -0.1) is 0 Å². The number of benzene rings is 1. The van der Waals surface area contributed by atoms with E-state index in [0.29, 0.717) is 5.30 Å². The van der Waals surface area contributed by atoms with Crippen molar-refractivity contribution in [2.24, 2.45) is 0 Å². The topological polar surface area (TPSA) is 94.1 Å². The molecule has 1 amide bonds. The van der Waals surface area contributed by atoms with Crippen LogP contribution in [0.1, 0.15) is 13.8 Å². The van der Waals surface area contributed by atoms with Crippen LogP contribution in [-0.2, 0) is 23.4 Å². The second kappa shape index (κ2) is 7.76. The van der Waals surface area contributed by atoms with Crippen LogP contribution in [-0.4, -0.2) is 55.4 Å². The van der Waals surface area contributed by atoms with Crippen molar-refractivity contribution in [3.05, 3.63) is 30.3 Å². The molecular formula is C16H24NO6P. The van der Waals surface area contributed by atoms with Gasteiger partial charge in [-0.05, 0) is 12.1 Å². The van der Waals surface area contributed by atoms with Crippen LogP contribution in [0.4, 0.5) is 0 Å². The van der Waals surface area contributed by atoms with Crippen LogP contribution in [0.3, 0.4) is 0 Å². The van der Waals surface area contributed by atoms with E-state index in [4.69, 9.17) is 14.0 Å². The largest absolute Gasteiger partial charge is 0.388 e. The molecule has 1 fully saturated rings. The minimum atomic E-state index is -3.28. The third kappa shape index (κ3) is 3.55. The molecule has 0 aromatic heterocycles. The number of aliphatic hydroxyl groups excluding tert-OH is 1. The minimum absolute atomic E-state index is 0.309. The van der Waals surface area contributed by atoms with Crippen molar-refractivity contribution in [2.45, 2.75) is 44.0 Å². The Morgan fingerprint density at radius 2 is 1.96 bits per heavy atom. The Morgan fingerprint density at radius 3 is 2.46 bits per heavy atom. The number of nitrogens with one attached hydrogen (secondary N) is 1.